The van der Waals surface area contributed by atoms with E-state index in [9.17, 15) is 0 Å². The Morgan fingerprint density at radius 3 is 1.33 bits per heavy atom. The predicted octanol–water partition coefficient (Wildman–Crippen LogP) is 6.37. The Morgan fingerprint density at radius 2 is 1.04 bits per heavy atom. The van der Waals surface area contributed by atoms with Gasteiger partial charge in [-0.3, -0.25) is 0 Å². The van der Waals surface area contributed by atoms with Crippen molar-refractivity contribution < 1.29 is 0 Å². The Kier molecular flexibility index (Phi) is 5.62. The molecule has 0 amide bonds. The lowest BCUT2D eigenvalue weighted by molar-refractivity contribution is 0.227. The summed E-state index contributed by atoms with van der Waals surface area (Å²) in [6.07, 6.45) is 0. The van der Waals surface area contributed by atoms with Gasteiger partial charge in [-0.2, -0.15) is 0 Å². The first-order chi connectivity index (χ1) is 11.5. The zero-order valence-corrected chi connectivity index (χ0v) is 16.5. The molecule has 0 aliphatic carbocycles. The number of benzene rings is 2. The zero-order chi connectivity index (χ0) is 17.3. The Hall–Kier alpha value is -0.920. The van der Waals surface area contributed by atoms with Crippen molar-refractivity contribution in [1.29, 1.82) is 0 Å². The molecule has 4 heteroatoms. The Morgan fingerprint density at radius 1 is 0.708 bits per heavy atom. The maximum Gasteiger partial charge on any atom is 0.142 e. The van der Waals surface area contributed by atoms with Gasteiger partial charge in [-0.05, 0) is 38.8 Å². The second kappa shape index (κ2) is 7.54. The van der Waals surface area contributed by atoms with Gasteiger partial charge in [0.25, 0.3) is 0 Å². The van der Waals surface area contributed by atoms with Crippen molar-refractivity contribution in [3.63, 3.8) is 0 Å². The van der Waals surface area contributed by atoms with Crippen LogP contribution in [0.2, 0.25) is 0 Å². The molecule has 2 nitrogen and oxygen atoms in total. The molecule has 1 saturated heterocycles. The molecule has 0 N–H and O–H groups in total. The normalized spacial score (nSPS) is 23.5. The van der Waals surface area contributed by atoms with E-state index in [1.807, 2.05) is 0 Å². The number of nitrogens with zero attached hydrogens (tertiary/aromatic N) is 2. The van der Waals surface area contributed by atoms with Gasteiger partial charge in [0.2, 0.25) is 0 Å². The van der Waals surface area contributed by atoms with Gasteiger partial charge in [-0.25, -0.2) is 9.34 Å². The van der Waals surface area contributed by atoms with Crippen molar-refractivity contribution in [1.82, 2.24) is 9.34 Å². The Bertz CT molecular complexity index is 590. The van der Waals surface area contributed by atoms with Crippen LogP contribution in [-0.4, -0.2) is 21.4 Å². The predicted molar refractivity (Wildman–Crippen MR) is 105 cm³/mol. The molecule has 0 unspecified atom stereocenters. The summed E-state index contributed by atoms with van der Waals surface area (Å²) in [5.74, 6) is 0. The lowest BCUT2D eigenvalue weighted by Crippen LogP contribution is -2.29. The van der Waals surface area contributed by atoms with Crippen LogP contribution < -0.4 is 0 Å². The van der Waals surface area contributed by atoms with Gasteiger partial charge in [0, 0.05) is 12.1 Å². The van der Waals surface area contributed by atoms with Crippen molar-refractivity contribution in [2.45, 2.75) is 51.9 Å². The average molecular weight is 361 g/mol. The molecule has 2 atom stereocenters. The highest BCUT2D eigenvalue weighted by Crippen LogP contribution is 2.68. The molecule has 0 saturated carbocycles. The van der Waals surface area contributed by atoms with E-state index in [2.05, 4.69) is 97.7 Å². The molecule has 1 heterocycles. The van der Waals surface area contributed by atoms with Gasteiger partial charge in [0.1, 0.15) is 7.58 Å². The molecule has 0 radical (unpaired) electrons. The fourth-order valence-electron chi connectivity index (χ4n) is 3.61. The van der Waals surface area contributed by atoms with Crippen molar-refractivity contribution in [2.75, 3.05) is 0 Å². The summed E-state index contributed by atoms with van der Waals surface area (Å²) < 4.78 is 5.01. The molecule has 2 aromatic rings. The van der Waals surface area contributed by atoms with Crippen molar-refractivity contribution in [3.05, 3.63) is 71.8 Å². The summed E-state index contributed by atoms with van der Waals surface area (Å²) in [6, 6.07) is 23.0. The molecule has 128 valence electrons. The first kappa shape index (κ1) is 17.9. The third-order valence-corrected chi connectivity index (χ3v) is 7.82. The van der Waals surface area contributed by atoms with Gasteiger partial charge in [0.15, 0.2) is 0 Å². The van der Waals surface area contributed by atoms with Gasteiger partial charge < -0.3 is 0 Å². The van der Waals surface area contributed by atoms with Gasteiger partial charge in [-0.1, -0.05) is 71.9 Å². The average Bonchev–Trinajstić information content (AvgIpc) is 2.90. The van der Waals surface area contributed by atoms with Crippen LogP contribution in [0.4, 0.5) is 0 Å². The van der Waals surface area contributed by atoms with Crippen molar-refractivity contribution in [3.8, 4) is 0 Å². The Balaban J connectivity index is 2.15. The van der Waals surface area contributed by atoms with Crippen LogP contribution in [0.3, 0.4) is 0 Å². The van der Waals surface area contributed by atoms with E-state index in [0.717, 1.165) is 0 Å². The van der Waals surface area contributed by atoms with Gasteiger partial charge >= 0.3 is 0 Å². The number of hydrogen-bond donors (Lipinski definition) is 0. The SMILES string of the molecule is CC(C)N1[C@H](c2ccccc2)[C@@H](c2ccccc2)N(C(C)C)P1Cl. The number of halogens is 1. The standard InChI is InChI=1S/C20H26ClN2P/c1-15(2)22-19(17-11-7-5-8-12-17)20(18-13-9-6-10-14-18)23(16(3)4)24(22)21/h5-16,19-20H,1-4H3/t19-,20-/m1/s1. The maximum atomic E-state index is 7.04. The largest absolute Gasteiger partial charge is 0.245 e. The fraction of sp³-hybridized carbons (Fsp3) is 0.400. The highest BCUT2D eigenvalue weighted by atomic mass is 35.7. The second-order valence-corrected chi connectivity index (χ2v) is 9.21. The van der Waals surface area contributed by atoms with E-state index < -0.39 is 7.58 Å². The third-order valence-electron chi connectivity index (χ3n) is 4.59. The molecule has 24 heavy (non-hydrogen) atoms. The number of rotatable bonds is 4. The van der Waals surface area contributed by atoms with Crippen LogP contribution in [0, 0.1) is 0 Å². The summed E-state index contributed by atoms with van der Waals surface area (Å²) in [5, 5.41) is 0. The van der Waals surface area contributed by atoms with Crippen molar-refractivity contribution >= 4 is 18.8 Å². The van der Waals surface area contributed by atoms with E-state index in [4.69, 9.17) is 11.2 Å². The van der Waals surface area contributed by atoms with Gasteiger partial charge in [-0.15, -0.1) is 0 Å². The highest BCUT2D eigenvalue weighted by molar-refractivity contribution is 7.80. The third kappa shape index (κ3) is 3.26. The minimum Gasteiger partial charge on any atom is -0.245 e. The van der Waals surface area contributed by atoms with E-state index in [0.29, 0.717) is 12.1 Å². The molecule has 1 aliphatic rings. The molecule has 0 bridgehead atoms. The zero-order valence-electron chi connectivity index (χ0n) is 14.8. The topological polar surface area (TPSA) is 6.48 Å². The molecule has 0 aromatic heterocycles. The molecule has 1 fully saturated rings. The van der Waals surface area contributed by atoms with E-state index in [1.54, 1.807) is 0 Å². The van der Waals surface area contributed by atoms with Crippen LogP contribution in [0.1, 0.15) is 50.9 Å². The van der Waals surface area contributed by atoms with Crippen LogP contribution in [0.25, 0.3) is 0 Å². The fourth-order valence-corrected chi connectivity index (χ4v) is 7.15. The second-order valence-electron chi connectivity index (χ2n) is 6.90. The van der Waals surface area contributed by atoms with E-state index in [-0.39, 0.29) is 12.1 Å². The summed E-state index contributed by atoms with van der Waals surface area (Å²) in [7, 11) is -0.858. The van der Waals surface area contributed by atoms with Crippen LogP contribution in [-0.2, 0) is 0 Å². The Labute approximate surface area is 152 Å². The lowest BCUT2D eigenvalue weighted by Gasteiger charge is -2.31. The van der Waals surface area contributed by atoms with Crippen LogP contribution in [0.5, 0.6) is 0 Å². The smallest absolute Gasteiger partial charge is 0.142 e. The quantitative estimate of drug-likeness (QED) is 0.584. The minimum atomic E-state index is -0.858. The number of hydrogen-bond acceptors (Lipinski definition) is 2. The monoisotopic (exact) mass is 360 g/mol. The summed E-state index contributed by atoms with van der Waals surface area (Å²) >= 11 is 7.04. The lowest BCUT2D eigenvalue weighted by atomic mass is 9.92. The maximum absolute atomic E-state index is 7.04. The van der Waals surface area contributed by atoms with E-state index in [1.165, 1.54) is 11.1 Å². The summed E-state index contributed by atoms with van der Waals surface area (Å²) in [5.41, 5.74) is 2.69. The van der Waals surface area contributed by atoms with Crippen molar-refractivity contribution in [2.24, 2.45) is 0 Å². The molecular formula is C20H26ClN2P. The van der Waals surface area contributed by atoms with E-state index >= 15 is 0 Å². The molecule has 0 spiro atoms. The highest BCUT2D eigenvalue weighted by Gasteiger charge is 2.50. The minimum absolute atomic E-state index is 0.277. The first-order valence-electron chi connectivity index (χ1n) is 8.64. The van der Waals surface area contributed by atoms with Crippen LogP contribution >= 0.6 is 18.8 Å². The van der Waals surface area contributed by atoms with Gasteiger partial charge in [0.05, 0.1) is 12.1 Å². The molecule has 2 aromatic carbocycles. The first-order valence-corrected chi connectivity index (χ1v) is 10.8. The molecular weight excluding hydrogens is 335 g/mol. The van der Waals surface area contributed by atoms with Crippen LogP contribution in [0.15, 0.2) is 60.7 Å². The molecule has 1 aliphatic heterocycles. The summed E-state index contributed by atoms with van der Waals surface area (Å²) in [6.45, 7) is 9.00. The summed E-state index contributed by atoms with van der Waals surface area (Å²) in [4.78, 5) is 0. The molecule has 3 rings (SSSR count).